The van der Waals surface area contributed by atoms with Gasteiger partial charge in [0, 0.05) is 19.2 Å². The van der Waals surface area contributed by atoms with Crippen LogP contribution in [0.2, 0.25) is 0 Å². The maximum Gasteiger partial charge on any atom is 0.310 e. The summed E-state index contributed by atoms with van der Waals surface area (Å²) >= 11 is 0. The van der Waals surface area contributed by atoms with Gasteiger partial charge in [0.1, 0.15) is 0 Å². The van der Waals surface area contributed by atoms with Gasteiger partial charge in [-0.05, 0) is 36.5 Å². The van der Waals surface area contributed by atoms with E-state index in [1.165, 1.54) is 5.56 Å². The molecule has 2 rings (SSSR count). The molecule has 21 heavy (non-hydrogen) atoms. The molecule has 1 saturated carbocycles. The lowest BCUT2D eigenvalue weighted by molar-refractivity contribution is -0.157. The van der Waals surface area contributed by atoms with E-state index in [1.54, 1.807) is 11.9 Å². The Bertz CT molecular complexity index is 547. The molecule has 0 spiro atoms. The number of nitrogens with zero attached hydrogens (tertiary/aromatic N) is 1. The Kier molecular flexibility index (Phi) is 4.35. The molecule has 1 aromatic rings. The van der Waals surface area contributed by atoms with Crippen molar-refractivity contribution in [2.75, 3.05) is 11.9 Å². The third-order valence-corrected chi connectivity index (χ3v) is 4.55. The van der Waals surface area contributed by atoms with Gasteiger partial charge in [0.2, 0.25) is 5.91 Å². The van der Waals surface area contributed by atoms with Crippen LogP contribution in [0.15, 0.2) is 24.3 Å². The van der Waals surface area contributed by atoms with Gasteiger partial charge in [0.25, 0.3) is 0 Å². The number of carbonyl (C=O) groups is 2. The van der Waals surface area contributed by atoms with Gasteiger partial charge in [-0.25, -0.2) is 0 Å². The number of carboxylic acid groups (broad SMARTS) is 1. The van der Waals surface area contributed by atoms with E-state index in [-0.39, 0.29) is 12.3 Å². The Balaban J connectivity index is 2.12. The maximum atomic E-state index is 12.4. The van der Waals surface area contributed by atoms with E-state index in [0.717, 1.165) is 12.1 Å². The number of carboxylic acids is 1. The first-order valence-corrected chi connectivity index (χ1v) is 7.46. The Labute approximate surface area is 125 Å². The van der Waals surface area contributed by atoms with Crippen LogP contribution in [-0.2, 0) is 9.59 Å². The van der Waals surface area contributed by atoms with Crippen LogP contribution < -0.4 is 4.90 Å². The van der Waals surface area contributed by atoms with Crippen LogP contribution in [0.4, 0.5) is 5.69 Å². The van der Waals surface area contributed by atoms with Crippen molar-refractivity contribution in [1.29, 1.82) is 0 Å². The highest BCUT2D eigenvalue weighted by molar-refractivity contribution is 5.96. The molecule has 0 saturated heterocycles. The molecular weight excluding hydrogens is 266 g/mol. The summed E-state index contributed by atoms with van der Waals surface area (Å²) in [6.45, 7) is 4.21. The number of aliphatic carboxylic acids is 1. The first kappa shape index (κ1) is 15.5. The van der Waals surface area contributed by atoms with Gasteiger partial charge in [-0.1, -0.05) is 32.4 Å². The van der Waals surface area contributed by atoms with Crippen molar-refractivity contribution in [1.82, 2.24) is 0 Å². The molecule has 0 unspecified atom stereocenters. The van der Waals surface area contributed by atoms with Crippen LogP contribution in [0.3, 0.4) is 0 Å². The monoisotopic (exact) mass is 289 g/mol. The van der Waals surface area contributed by atoms with E-state index in [0.29, 0.717) is 18.8 Å². The lowest BCUT2D eigenvalue weighted by Gasteiger charge is -2.38. The highest BCUT2D eigenvalue weighted by atomic mass is 16.4. The van der Waals surface area contributed by atoms with Crippen LogP contribution in [0.25, 0.3) is 0 Å². The topological polar surface area (TPSA) is 57.6 Å². The van der Waals surface area contributed by atoms with Crippen LogP contribution in [0, 0.1) is 5.41 Å². The van der Waals surface area contributed by atoms with Gasteiger partial charge in [0.05, 0.1) is 5.41 Å². The van der Waals surface area contributed by atoms with E-state index in [4.69, 9.17) is 0 Å². The number of rotatable bonds is 5. The largest absolute Gasteiger partial charge is 0.481 e. The van der Waals surface area contributed by atoms with E-state index >= 15 is 0 Å². The first-order chi connectivity index (χ1) is 9.85. The average Bonchev–Trinajstić information content (AvgIpc) is 2.41. The summed E-state index contributed by atoms with van der Waals surface area (Å²) in [5.41, 5.74) is 1.16. The molecule has 0 bridgehead atoms. The molecule has 1 N–H and O–H groups in total. The van der Waals surface area contributed by atoms with Crippen LogP contribution in [0.1, 0.15) is 51.0 Å². The van der Waals surface area contributed by atoms with Crippen LogP contribution >= 0.6 is 0 Å². The Morgan fingerprint density at radius 2 is 2.00 bits per heavy atom. The quantitative estimate of drug-likeness (QED) is 0.903. The van der Waals surface area contributed by atoms with Crippen LogP contribution in [0.5, 0.6) is 0 Å². The summed E-state index contributed by atoms with van der Waals surface area (Å²) in [4.78, 5) is 25.3. The Morgan fingerprint density at radius 3 is 2.48 bits per heavy atom. The highest BCUT2D eigenvalue weighted by Crippen LogP contribution is 2.44. The minimum absolute atomic E-state index is 0.0880. The summed E-state index contributed by atoms with van der Waals surface area (Å²) in [6.07, 6.45) is 2.19. The normalized spacial score (nSPS) is 16.4. The zero-order valence-corrected chi connectivity index (χ0v) is 12.9. The van der Waals surface area contributed by atoms with E-state index in [1.807, 2.05) is 24.3 Å². The average molecular weight is 289 g/mol. The second-order valence-corrected chi connectivity index (χ2v) is 6.32. The molecule has 4 nitrogen and oxygen atoms in total. The summed E-state index contributed by atoms with van der Waals surface area (Å²) < 4.78 is 0. The van der Waals surface area contributed by atoms with Gasteiger partial charge in [0.15, 0.2) is 0 Å². The van der Waals surface area contributed by atoms with Gasteiger partial charge >= 0.3 is 5.97 Å². The molecule has 0 aromatic heterocycles. The Morgan fingerprint density at radius 1 is 1.33 bits per heavy atom. The number of carbonyl (C=O) groups excluding carboxylic acids is 1. The standard InChI is InChI=1S/C17H23NO3/c1-12(2)13-6-4-7-14(10-13)18(3)15(19)11-17(16(20)21)8-5-9-17/h4,6-7,10,12H,5,8-9,11H2,1-3H3,(H,20,21). The second-order valence-electron chi connectivity index (χ2n) is 6.32. The molecule has 114 valence electrons. The molecule has 1 aromatic carbocycles. The summed E-state index contributed by atoms with van der Waals surface area (Å²) in [5.74, 6) is -0.574. The Hall–Kier alpha value is -1.84. The van der Waals surface area contributed by atoms with Crippen molar-refractivity contribution >= 4 is 17.6 Å². The molecule has 0 atom stereocenters. The smallest absolute Gasteiger partial charge is 0.310 e. The zero-order valence-electron chi connectivity index (χ0n) is 12.9. The fourth-order valence-corrected chi connectivity index (χ4v) is 2.71. The van der Waals surface area contributed by atoms with Crippen molar-refractivity contribution in [3.05, 3.63) is 29.8 Å². The van der Waals surface area contributed by atoms with Gasteiger partial charge in [-0.2, -0.15) is 0 Å². The van der Waals surface area contributed by atoms with E-state index in [9.17, 15) is 14.7 Å². The van der Waals surface area contributed by atoms with Crippen molar-refractivity contribution < 1.29 is 14.7 Å². The van der Waals surface area contributed by atoms with Crippen LogP contribution in [-0.4, -0.2) is 24.0 Å². The number of hydrogen-bond acceptors (Lipinski definition) is 2. The zero-order chi connectivity index (χ0) is 15.6. The summed E-state index contributed by atoms with van der Waals surface area (Å²) in [5, 5.41) is 9.33. The molecule has 0 aliphatic heterocycles. The number of benzene rings is 1. The molecule has 1 aliphatic carbocycles. The van der Waals surface area contributed by atoms with Crippen molar-refractivity contribution in [2.24, 2.45) is 5.41 Å². The molecule has 0 heterocycles. The summed E-state index contributed by atoms with van der Waals surface area (Å²) in [7, 11) is 1.72. The maximum absolute atomic E-state index is 12.4. The minimum atomic E-state index is -0.841. The number of amides is 1. The van der Waals surface area contributed by atoms with E-state index < -0.39 is 11.4 Å². The molecular formula is C17H23NO3. The predicted molar refractivity (Wildman–Crippen MR) is 82.5 cm³/mol. The van der Waals surface area contributed by atoms with Gasteiger partial charge in [-0.3, -0.25) is 9.59 Å². The lowest BCUT2D eigenvalue weighted by Crippen LogP contribution is -2.43. The fourth-order valence-electron chi connectivity index (χ4n) is 2.71. The molecule has 1 aliphatic rings. The minimum Gasteiger partial charge on any atom is -0.481 e. The number of anilines is 1. The summed E-state index contributed by atoms with van der Waals surface area (Å²) in [6, 6.07) is 7.86. The van der Waals surface area contributed by atoms with Crippen molar-refractivity contribution in [2.45, 2.75) is 45.4 Å². The number of hydrogen-bond donors (Lipinski definition) is 1. The lowest BCUT2D eigenvalue weighted by atomic mass is 9.66. The first-order valence-electron chi connectivity index (χ1n) is 7.46. The molecule has 1 fully saturated rings. The third kappa shape index (κ3) is 3.09. The predicted octanol–water partition coefficient (Wildman–Crippen LogP) is 3.42. The molecule has 4 heteroatoms. The SMILES string of the molecule is CC(C)c1cccc(N(C)C(=O)CC2(C(=O)O)CCC2)c1. The van der Waals surface area contributed by atoms with Crippen molar-refractivity contribution in [3.8, 4) is 0 Å². The van der Waals surface area contributed by atoms with Gasteiger partial charge in [-0.15, -0.1) is 0 Å². The second kappa shape index (κ2) is 5.88. The third-order valence-electron chi connectivity index (χ3n) is 4.55. The highest BCUT2D eigenvalue weighted by Gasteiger charge is 2.46. The molecule has 0 radical (unpaired) electrons. The van der Waals surface area contributed by atoms with Gasteiger partial charge < -0.3 is 10.0 Å². The van der Waals surface area contributed by atoms with Crippen molar-refractivity contribution in [3.63, 3.8) is 0 Å². The fraction of sp³-hybridized carbons (Fsp3) is 0.529. The molecule has 1 amide bonds. The van der Waals surface area contributed by atoms with E-state index in [2.05, 4.69) is 13.8 Å².